The van der Waals surface area contributed by atoms with Gasteiger partial charge in [-0.1, -0.05) is 0 Å². The second-order valence-corrected chi connectivity index (χ2v) is 7.27. The van der Waals surface area contributed by atoms with Crippen LogP contribution >= 0.6 is 11.9 Å². The van der Waals surface area contributed by atoms with Crippen LogP contribution in [0.4, 0.5) is 11.5 Å². The van der Waals surface area contributed by atoms with Crippen LogP contribution in [0.1, 0.15) is 25.5 Å². The van der Waals surface area contributed by atoms with E-state index in [0.717, 1.165) is 11.4 Å². The van der Waals surface area contributed by atoms with Crippen molar-refractivity contribution in [3.63, 3.8) is 0 Å². The lowest BCUT2D eigenvalue weighted by atomic mass is 10.2. The van der Waals surface area contributed by atoms with Gasteiger partial charge in [0, 0.05) is 29.5 Å². The maximum Gasteiger partial charge on any atom is 0.254 e. The number of hydrogen-bond acceptors (Lipinski definition) is 9. The van der Waals surface area contributed by atoms with Gasteiger partial charge in [0.2, 0.25) is 5.88 Å². The van der Waals surface area contributed by atoms with Crippen molar-refractivity contribution in [3.8, 4) is 5.88 Å². The van der Waals surface area contributed by atoms with E-state index in [0.29, 0.717) is 23.6 Å². The summed E-state index contributed by atoms with van der Waals surface area (Å²) in [6, 6.07) is 3.81. The van der Waals surface area contributed by atoms with Crippen LogP contribution in [0.25, 0.3) is 0 Å². The molecule has 9 nitrogen and oxygen atoms in total. The van der Waals surface area contributed by atoms with Crippen LogP contribution < -0.4 is 20.5 Å². The molecule has 1 aliphatic carbocycles. The van der Waals surface area contributed by atoms with E-state index in [1.165, 1.54) is 37.6 Å². The van der Waals surface area contributed by atoms with Gasteiger partial charge in [-0.15, -0.1) is 0 Å². The third kappa shape index (κ3) is 6.75. The molecule has 0 radical (unpaired) electrons. The second-order valence-electron chi connectivity index (χ2n) is 6.17. The molecule has 0 bridgehead atoms. The molecule has 0 aromatic carbocycles. The Morgan fingerprint density at radius 2 is 2.31 bits per heavy atom. The fraction of sp³-hybridized carbons (Fsp3) is 0.316. The molecule has 1 fully saturated rings. The second kappa shape index (κ2) is 10.4. The molecular weight excluding hydrogens is 390 g/mol. The Labute approximate surface area is 173 Å². The number of hydrogen-bond donors (Lipinski definition) is 3. The molecule has 1 amide bonds. The van der Waals surface area contributed by atoms with Crippen molar-refractivity contribution < 1.29 is 9.53 Å². The minimum absolute atomic E-state index is 0.201. The summed E-state index contributed by atoms with van der Waals surface area (Å²) in [7, 11) is 0. The first-order chi connectivity index (χ1) is 14.2. The number of nitrogens with two attached hydrogens (primary N) is 1. The van der Waals surface area contributed by atoms with Crippen molar-refractivity contribution in [2.75, 3.05) is 11.3 Å². The predicted octanol–water partition coefficient (Wildman–Crippen LogP) is 2.35. The molecule has 0 saturated heterocycles. The van der Waals surface area contributed by atoms with Crippen LogP contribution in [0.5, 0.6) is 5.88 Å². The summed E-state index contributed by atoms with van der Waals surface area (Å²) in [4.78, 5) is 29.0. The summed E-state index contributed by atoms with van der Waals surface area (Å²) in [5, 5.41) is 3.48. The van der Waals surface area contributed by atoms with Crippen LogP contribution in [0, 0.1) is 0 Å². The van der Waals surface area contributed by atoms with E-state index >= 15 is 0 Å². The van der Waals surface area contributed by atoms with Crippen molar-refractivity contribution in [3.05, 3.63) is 48.2 Å². The van der Waals surface area contributed by atoms with Crippen LogP contribution in [0.3, 0.4) is 0 Å². The maximum absolute atomic E-state index is 12.4. The highest BCUT2D eigenvalue weighted by Gasteiger charge is 2.22. The van der Waals surface area contributed by atoms with Gasteiger partial charge >= 0.3 is 0 Å². The largest absolute Gasteiger partial charge is 0.477 e. The quantitative estimate of drug-likeness (QED) is 0.308. The molecule has 0 spiro atoms. The van der Waals surface area contributed by atoms with E-state index in [1.807, 2.05) is 19.1 Å². The van der Waals surface area contributed by atoms with Crippen molar-refractivity contribution in [1.82, 2.24) is 20.3 Å². The zero-order chi connectivity index (χ0) is 20.5. The lowest BCUT2D eigenvalue weighted by Gasteiger charge is -2.08. The molecule has 1 aliphatic rings. The fourth-order valence-corrected chi connectivity index (χ4v) is 2.98. The number of aliphatic imine (C=N–C) groups is 1. The number of nitrogens with zero attached hydrogens (tertiary/aromatic N) is 4. The molecule has 152 valence electrons. The van der Waals surface area contributed by atoms with Gasteiger partial charge in [0.25, 0.3) is 5.91 Å². The smallest absolute Gasteiger partial charge is 0.254 e. The zero-order valence-electron chi connectivity index (χ0n) is 16.0. The molecule has 0 aliphatic heterocycles. The number of pyridine rings is 1. The zero-order valence-corrected chi connectivity index (χ0v) is 16.9. The molecule has 3 rings (SSSR count). The first-order valence-electron chi connectivity index (χ1n) is 9.23. The highest BCUT2D eigenvalue weighted by molar-refractivity contribution is 8.01. The highest BCUT2D eigenvalue weighted by Crippen LogP contribution is 2.34. The number of ether oxygens (including phenoxy) is 1. The normalized spacial score (nSPS) is 14.0. The van der Waals surface area contributed by atoms with Crippen molar-refractivity contribution in [1.29, 1.82) is 0 Å². The van der Waals surface area contributed by atoms with Gasteiger partial charge in [0.15, 0.2) is 5.82 Å². The molecule has 0 unspecified atom stereocenters. The minimum Gasteiger partial charge on any atom is -0.477 e. The Morgan fingerprint density at radius 1 is 1.45 bits per heavy atom. The average molecular weight is 414 g/mol. The van der Waals surface area contributed by atoms with Gasteiger partial charge < -0.3 is 20.5 Å². The molecule has 0 atom stereocenters. The average Bonchev–Trinajstić information content (AvgIpc) is 3.57. The Kier molecular flexibility index (Phi) is 7.40. The van der Waals surface area contributed by atoms with Crippen molar-refractivity contribution >= 4 is 35.6 Å². The van der Waals surface area contributed by atoms with Gasteiger partial charge in [-0.2, -0.15) is 4.98 Å². The molecule has 2 heterocycles. The number of aromatic nitrogens is 3. The van der Waals surface area contributed by atoms with Gasteiger partial charge in [0.05, 0.1) is 36.8 Å². The van der Waals surface area contributed by atoms with Crippen molar-refractivity contribution in [2.24, 2.45) is 10.7 Å². The Hall–Kier alpha value is -3.14. The Balaban J connectivity index is 1.54. The first kappa shape index (κ1) is 20.6. The van der Waals surface area contributed by atoms with Crippen LogP contribution in [-0.2, 0) is 11.3 Å². The third-order valence-corrected chi connectivity index (χ3v) is 4.94. The highest BCUT2D eigenvalue weighted by atomic mass is 32.2. The molecule has 4 N–H and O–H groups in total. The molecule has 1 saturated carbocycles. The standard InChI is InChI=1S/C19H23N7O2S/c1-2-28-18-12-21-11-17(25-18)23-9-13(8-20)19(27)24-10-15-7-14(5-6-22-15)26-29-16-3-4-16/h5-9,11-12,16H,2-4,10,20H2,1H3,(H,22,26)(H,24,27). The number of amides is 1. The third-order valence-electron chi connectivity index (χ3n) is 3.78. The predicted molar refractivity (Wildman–Crippen MR) is 114 cm³/mol. The Morgan fingerprint density at radius 3 is 3.07 bits per heavy atom. The first-order valence-corrected chi connectivity index (χ1v) is 10.1. The summed E-state index contributed by atoms with van der Waals surface area (Å²) in [6.07, 6.45) is 9.71. The lowest BCUT2D eigenvalue weighted by Crippen LogP contribution is -2.26. The van der Waals surface area contributed by atoms with Gasteiger partial charge in [-0.3, -0.25) is 14.8 Å². The van der Waals surface area contributed by atoms with E-state index < -0.39 is 0 Å². The molecular formula is C19H23N7O2S. The number of nitrogens with one attached hydrogen (secondary N) is 2. The number of carbonyl (C=O) groups is 1. The molecule has 29 heavy (non-hydrogen) atoms. The monoisotopic (exact) mass is 413 g/mol. The molecule has 2 aromatic heterocycles. The van der Waals surface area contributed by atoms with Gasteiger partial charge in [0.1, 0.15) is 0 Å². The SMILES string of the molecule is CCOc1cncc(N=CC(=CN)C(=O)NCc2cc(NSC3CC3)ccn2)n1. The maximum atomic E-state index is 12.4. The van der Waals surface area contributed by atoms with Crippen LogP contribution in [-0.4, -0.2) is 38.9 Å². The summed E-state index contributed by atoms with van der Waals surface area (Å²) in [5.41, 5.74) is 7.48. The van der Waals surface area contributed by atoms with Gasteiger partial charge in [-0.25, -0.2) is 4.99 Å². The summed E-state index contributed by atoms with van der Waals surface area (Å²) in [5.74, 6) is 0.318. The summed E-state index contributed by atoms with van der Waals surface area (Å²) in [6.45, 7) is 2.60. The molecule has 2 aromatic rings. The van der Waals surface area contributed by atoms with Crippen LogP contribution in [0.2, 0.25) is 0 Å². The van der Waals surface area contributed by atoms with Crippen LogP contribution in [0.15, 0.2) is 47.5 Å². The molecule has 10 heteroatoms. The van der Waals surface area contributed by atoms with Gasteiger partial charge in [-0.05, 0) is 43.8 Å². The fourth-order valence-electron chi connectivity index (χ4n) is 2.18. The van der Waals surface area contributed by atoms with E-state index in [1.54, 1.807) is 18.1 Å². The van der Waals surface area contributed by atoms with E-state index in [2.05, 4.69) is 30.0 Å². The number of anilines is 1. The van der Waals surface area contributed by atoms with E-state index in [-0.39, 0.29) is 18.0 Å². The van der Waals surface area contributed by atoms with E-state index in [4.69, 9.17) is 10.5 Å². The number of carbonyl (C=O) groups excluding carboxylic acids is 1. The Bertz CT molecular complexity index is 900. The summed E-state index contributed by atoms with van der Waals surface area (Å²) < 4.78 is 8.59. The lowest BCUT2D eigenvalue weighted by molar-refractivity contribution is -0.117. The number of rotatable bonds is 10. The topological polar surface area (TPSA) is 127 Å². The minimum atomic E-state index is -0.363. The van der Waals surface area contributed by atoms with E-state index in [9.17, 15) is 4.79 Å². The summed E-state index contributed by atoms with van der Waals surface area (Å²) >= 11 is 1.72. The van der Waals surface area contributed by atoms with Crippen molar-refractivity contribution in [2.45, 2.75) is 31.6 Å².